The predicted molar refractivity (Wildman–Crippen MR) is 72.5 cm³/mol. The molecule has 0 saturated heterocycles. The highest BCUT2D eigenvalue weighted by Crippen LogP contribution is 2.52. The first-order valence-corrected chi connectivity index (χ1v) is 6.54. The van der Waals surface area contributed by atoms with E-state index in [2.05, 4.69) is 33.6 Å². The van der Waals surface area contributed by atoms with E-state index in [-0.39, 0.29) is 0 Å². The number of hydrogen-bond acceptors (Lipinski definition) is 3. The molecular formula is C13H16N4S. The van der Waals surface area contributed by atoms with Gasteiger partial charge in [-0.25, -0.2) is 0 Å². The molecule has 2 aromatic rings. The third-order valence-electron chi connectivity index (χ3n) is 3.80. The van der Waals surface area contributed by atoms with E-state index >= 15 is 0 Å². The summed E-state index contributed by atoms with van der Waals surface area (Å²) in [5, 5.41) is 7.20. The lowest BCUT2D eigenvalue weighted by atomic mass is 10.1. The van der Waals surface area contributed by atoms with Crippen LogP contribution in [0, 0.1) is 16.1 Å². The van der Waals surface area contributed by atoms with Gasteiger partial charge in [0.15, 0.2) is 10.6 Å². The monoisotopic (exact) mass is 260 g/mol. The highest BCUT2D eigenvalue weighted by atomic mass is 32.1. The summed E-state index contributed by atoms with van der Waals surface area (Å²) >= 11 is 5.32. The average molecular weight is 260 g/mol. The van der Waals surface area contributed by atoms with Gasteiger partial charge in [-0.1, -0.05) is 13.8 Å². The standard InChI is InChI=1S/C13H16N4S/c1-13(2)6-10(13)8-17-11(15-16-12(17)18)9-4-3-5-14-7-9/h3-5,7,10H,6,8H2,1-2H3,(H,16,18). The predicted octanol–water partition coefficient (Wildman–Crippen LogP) is 3.05. The summed E-state index contributed by atoms with van der Waals surface area (Å²) in [4.78, 5) is 4.13. The molecule has 0 spiro atoms. The van der Waals surface area contributed by atoms with E-state index in [4.69, 9.17) is 12.2 Å². The number of aromatic nitrogens is 4. The smallest absolute Gasteiger partial charge is 0.195 e. The lowest BCUT2D eigenvalue weighted by molar-refractivity contribution is 0.497. The largest absolute Gasteiger partial charge is 0.300 e. The van der Waals surface area contributed by atoms with Crippen molar-refractivity contribution >= 4 is 12.2 Å². The molecular weight excluding hydrogens is 244 g/mol. The molecule has 0 bridgehead atoms. The van der Waals surface area contributed by atoms with Gasteiger partial charge in [0.1, 0.15) is 0 Å². The van der Waals surface area contributed by atoms with Crippen molar-refractivity contribution in [2.75, 3.05) is 0 Å². The quantitative estimate of drug-likeness (QED) is 0.863. The highest BCUT2D eigenvalue weighted by molar-refractivity contribution is 7.71. The molecule has 1 unspecified atom stereocenters. The molecule has 0 aromatic carbocycles. The van der Waals surface area contributed by atoms with Crippen LogP contribution in [-0.2, 0) is 6.54 Å². The molecule has 94 valence electrons. The molecule has 1 fully saturated rings. The Hall–Kier alpha value is -1.49. The Labute approximate surface area is 111 Å². The number of rotatable bonds is 3. The number of nitrogens with zero attached hydrogens (tertiary/aromatic N) is 3. The van der Waals surface area contributed by atoms with Crippen molar-refractivity contribution in [1.29, 1.82) is 0 Å². The number of nitrogens with one attached hydrogen (secondary N) is 1. The minimum absolute atomic E-state index is 0.443. The van der Waals surface area contributed by atoms with Crippen molar-refractivity contribution in [3.8, 4) is 11.4 Å². The Morgan fingerprint density at radius 2 is 2.33 bits per heavy atom. The first-order valence-electron chi connectivity index (χ1n) is 6.13. The van der Waals surface area contributed by atoms with Crippen LogP contribution in [0.25, 0.3) is 11.4 Å². The molecule has 1 aliphatic carbocycles. The molecule has 3 rings (SSSR count). The number of pyridine rings is 1. The van der Waals surface area contributed by atoms with Gasteiger partial charge >= 0.3 is 0 Å². The summed E-state index contributed by atoms with van der Waals surface area (Å²) in [6.07, 6.45) is 4.84. The zero-order valence-electron chi connectivity index (χ0n) is 10.6. The first-order chi connectivity index (χ1) is 8.58. The van der Waals surface area contributed by atoms with E-state index in [1.165, 1.54) is 6.42 Å². The van der Waals surface area contributed by atoms with Gasteiger partial charge < -0.3 is 0 Å². The van der Waals surface area contributed by atoms with Crippen LogP contribution in [0.1, 0.15) is 20.3 Å². The molecule has 2 aromatic heterocycles. The Kier molecular flexibility index (Phi) is 2.59. The minimum Gasteiger partial charge on any atom is -0.300 e. The maximum Gasteiger partial charge on any atom is 0.195 e. The Morgan fingerprint density at radius 3 is 2.94 bits per heavy atom. The van der Waals surface area contributed by atoms with Crippen molar-refractivity contribution in [3.05, 3.63) is 29.3 Å². The number of hydrogen-bond donors (Lipinski definition) is 1. The number of aromatic amines is 1. The Bertz CT molecular complexity index is 611. The Morgan fingerprint density at radius 1 is 1.56 bits per heavy atom. The van der Waals surface area contributed by atoms with Crippen LogP contribution in [0.15, 0.2) is 24.5 Å². The summed E-state index contributed by atoms with van der Waals surface area (Å²) in [6.45, 7) is 5.53. The summed E-state index contributed by atoms with van der Waals surface area (Å²) < 4.78 is 2.78. The van der Waals surface area contributed by atoms with Gasteiger partial charge in [-0.3, -0.25) is 14.6 Å². The maximum absolute atomic E-state index is 5.32. The molecule has 0 amide bonds. The second-order valence-electron chi connectivity index (χ2n) is 5.59. The van der Waals surface area contributed by atoms with Gasteiger partial charge in [0.05, 0.1) is 0 Å². The van der Waals surface area contributed by atoms with E-state index < -0.39 is 0 Å². The van der Waals surface area contributed by atoms with Crippen LogP contribution in [-0.4, -0.2) is 19.7 Å². The molecule has 0 aliphatic heterocycles. The van der Waals surface area contributed by atoms with Crippen LogP contribution < -0.4 is 0 Å². The van der Waals surface area contributed by atoms with E-state index in [1.54, 1.807) is 6.20 Å². The lowest BCUT2D eigenvalue weighted by Crippen LogP contribution is -2.06. The molecule has 4 nitrogen and oxygen atoms in total. The van der Waals surface area contributed by atoms with Crippen molar-refractivity contribution in [2.24, 2.45) is 11.3 Å². The van der Waals surface area contributed by atoms with Crippen molar-refractivity contribution in [2.45, 2.75) is 26.8 Å². The maximum atomic E-state index is 5.32. The van der Waals surface area contributed by atoms with Gasteiger partial charge in [-0.05, 0) is 42.1 Å². The fourth-order valence-electron chi connectivity index (χ4n) is 2.31. The zero-order chi connectivity index (χ0) is 12.8. The molecule has 2 heterocycles. The molecule has 0 radical (unpaired) electrons. The summed E-state index contributed by atoms with van der Waals surface area (Å²) in [6, 6.07) is 3.92. The minimum atomic E-state index is 0.443. The van der Waals surface area contributed by atoms with E-state index in [9.17, 15) is 0 Å². The number of H-pyrrole nitrogens is 1. The fraction of sp³-hybridized carbons (Fsp3) is 0.462. The zero-order valence-corrected chi connectivity index (χ0v) is 11.4. The highest BCUT2D eigenvalue weighted by Gasteiger charge is 2.45. The second-order valence-corrected chi connectivity index (χ2v) is 5.98. The lowest BCUT2D eigenvalue weighted by Gasteiger charge is -2.07. The van der Waals surface area contributed by atoms with Crippen LogP contribution in [0.3, 0.4) is 0 Å². The average Bonchev–Trinajstić information content (AvgIpc) is 2.78. The SMILES string of the molecule is CC1(C)CC1Cn1c(-c2cccnc2)n[nH]c1=S. The van der Waals surface area contributed by atoms with Gasteiger partial charge in [-0.2, -0.15) is 5.10 Å². The Balaban J connectivity index is 1.95. The van der Waals surface area contributed by atoms with Crippen LogP contribution in [0.5, 0.6) is 0 Å². The van der Waals surface area contributed by atoms with E-state index in [1.807, 2.05) is 18.3 Å². The molecule has 1 atom stereocenters. The van der Waals surface area contributed by atoms with Gasteiger partial charge in [0.2, 0.25) is 0 Å². The normalized spacial score (nSPS) is 20.9. The summed E-state index contributed by atoms with van der Waals surface area (Å²) in [5.41, 5.74) is 1.45. The fourth-order valence-corrected chi connectivity index (χ4v) is 2.52. The molecule has 5 heteroatoms. The van der Waals surface area contributed by atoms with E-state index in [0.29, 0.717) is 16.1 Å². The molecule has 1 N–H and O–H groups in total. The van der Waals surface area contributed by atoms with Crippen molar-refractivity contribution in [3.63, 3.8) is 0 Å². The van der Waals surface area contributed by atoms with Crippen LogP contribution >= 0.6 is 12.2 Å². The molecule has 1 aliphatic rings. The van der Waals surface area contributed by atoms with Gasteiger partial charge in [0.25, 0.3) is 0 Å². The molecule has 1 saturated carbocycles. The summed E-state index contributed by atoms with van der Waals surface area (Å²) in [5.74, 6) is 1.58. The summed E-state index contributed by atoms with van der Waals surface area (Å²) in [7, 11) is 0. The van der Waals surface area contributed by atoms with Gasteiger partial charge in [-0.15, -0.1) is 0 Å². The van der Waals surface area contributed by atoms with Gasteiger partial charge in [0, 0.05) is 24.5 Å². The van der Waals surface area contributed by atoms with Crippen molar-refractivity contribution in [1.82, 2.24) is 19.7 Å². The first kappa shape index (κ1) is 11.6. The topological polar surface area (TPSA) is 46.5 Å². The van der Waals surface area contributed by atoms with Crippen LogP contribution in [0.4, 0.5) is 0 Å². The van der Waals surface area contributed by atoms with Crippen LogP contribution in [0.2, 0.25) is 0 Å². The third kappa shape index (κ3) is 1.99. The van der Waals surface area contributed by atoms with Crippen molar-refractivity contribution < 1.29 is 0 Å². The molecule has 18 heavy (non-hydrogen) atoms. The second kappa shape index (κ2) is 4.02. The van der Waals surface area contributed by atoms with E-state index in [0.717, 1.165) is 17.9 Å². The third-order valence-corrected chi connectivity index (χ3v) is 4.11.